The second-order valence-electron chi connectivity index (χ2n) is 8.24. The van der Waals surface area contributed by atoms with Gasteiger partial charge in [-0.15, -0.1) is 0 Å². The maximum absolute atomic E-state index is 12.6. The highest BCUT2D eigenvalue weighted by molar-refractivity contribution is 5.86. The maximum atomic E-state index is 12.6. The highest BCUT2D eigenvalue weighted by atomic mass is 16.5. The van der Waals surface area contributed by atoms with E-state index in [2.05, 4.69) is 22.8 Å². The predicted octanol–water partition coefficient (Wildman–Crippen LogP) is 3.92. The van der Waals surface area contributed by atoms with Gasteiger partial charge in [0.05, 0.1) is 5.92 Å². The van der Waals surface area contributed by atoms with Gasteiger partial charge in [0.15, 0.2) is 0 Å². The third-order valence-corrected chi connectivity index (χ3v) is 6.04. The number of hydrogen-bond acceptors (Lipinski definition) is 4. The highest BCUT2D eigenvalue weighted by Gasteiger charge is 2.30. The molecule has 0 fully saturated rings. The first kappa shape index (κ1) is 23.3. The molecule has 7 heteroatoms. The summed E-state index contributed by atoms with van der Waals surface area (Å²) >= 11 is 0. The first-order chi connectivity index (χ1) is 15.3. The monoisotopic (exact) mass is 438 g/mol. The molecule has 0 bridgehead atoms. The Morgan fingerprint density at radius 2 is 1.53 bits per heavy atom. The van der Waals surface area contributed by atoms with Crippen LogP contribution in [0.2, 0.25) is 0 Å². The maximum Gasteiger partial charge on any atom is 0.407 e. The third kappa shape index (κ3) is 5.10. The van der Waals surface area contributed by atoms with Gasteiger partial charge in [0.2, 0.25) is 5.91 Å². The number of benzene rings is 2. The molecule has 3 rings (SSSR count). The van der Waals surface area contributed by atoms with Crippen molar-refractivity contribution in [1.29, 1.82) is 0 Å². The largest absolute Gasteiger partial charge is 0.481 e. The minimum Gasteiger partial charge on any atom is -0.481 e. The van der Waals surface area contributed by atoms with Crippen LogP contribution in [0.1, 0.15) is 50.7 Å². The summed E-state index contributed by atoms with van der Waals surface area (Å²) in [5, 5.41) is 14.5. The van der Waals surface area contributed by atoms with Crippen LogP contribution in [0.15, 0.2) is 48.5 Å². The summed E-state index contributed by atoms with van der Waals surface area (Å²) in [4.78, 5) is 36.3. The molecule has 0 aliphatic heterocycles. The van der Waals surface area contributed by atoms with Crippen molar-refractivity contribution >= 4 is 18.0 Å². The van der Waals surface area contributed by atoms with E-state index in [-0.39, 0.29) is 12.5 Å². The van der Waals surface area contributed by atoms with E-state index in [0.717, 1.165) is 22.3 Å². The molecule has 170 valence electrons. The third-order valence-electron chi connectivity index (χ3n) is 6.04. The van der Waals surface area contributed by atoms with Crippen LogP contribution in [0.5, 0.6) is 0 Å². The molecule has 0 radical (unpaired) electrons. The Kier molecular flexibility index (Phi) is 7.51. The molecule has 2 aromatic carbocycles. The second kappa shape index (κ2) is 10.3. The summed E-state index contributed by atoms with van der Waals surface area (Å²) in [6, 6.07) is 14.8. The van der Waals surface area contributed by atoms with Crippen molar-refractivity contribution in [3.05, 3.63) is 59.7 Å². The number of amides is 2. The standard InChI is InChI=1S/C25H30N2O5/c1-4-9-22(23(28)26-16(3)15(2)24(29)30)27-25(31)32-14-21-19-12-7-5-10-17(19)18-11-6-8-13-20(18)21/h5-8,10-13,15-16,21-22H,4,9,14H2,1-3H3,(H,26,28)(H,27,31)(H,29,30)/t15?,16?,22-/m0/s1. The molecule has 3 N–H and O–H groups in total. The van der Waals surface area contributed by atoms with Crippen molar-refractivity contribution in [2.75, 3.05) is 6.61 Å². The minimum atomic E-state index is -0.991. The summed E-state index contributed by atoms with van der Waals surface area (Å²) in [7, 11) is 0. The summed E-state index contributed by atoms with van der Waals surface area (Å²) in [5.41, 5.74) is 4.51. The zero-order chi connectivity index (χ0) is 23.3. The van der Waals surface area contributed by atoms with E-state index in [0.29, 0.717) is 12.8 Å². The Bertz CT molecular complexity index is 944. The summed E-state index contributed by atoms with van der Waals surface area (Å²) < 4.78 is 5.53. The van der Waals surface area contributed by atoms with E-state index in [1.165, 1.54) is 6.92 Å². The normalized spacial score (nSPS) is 15.1. The number of carbonyl (C=O) groups excluding carboxylic acids is 2. The SMILES string of the molecule is CCC[C@H](NC(=O)OCC1c2ccccc2-c2ccccc21)C(=O)NC(C)C(C)C(=O)O. The number of carbonyl (C=O) groups is 3. The molecule has 2 unspecified atom stereocenters. The lowest BCUT2D eigenvalue weighted by molar-refractivity contribution is -0.142. The molecule has 7 nitrogen and oxygen atoms in total. The molecule has 1 aliphatic carbocycles. The van der Waals surface area contributed by atoms with Crippen molar-refractivity contribution in [2.45, 2.75) is 51.6 Å². The van der Waals surface area contributed by atoms with Crippen LogP contribution >= 0.6 is 0 Å². The van der Waals surface area contributed by atoms with Crippen molar-refractivity contribution in [3.63, 3.8) is 0 Å². The number of aliphatic carboxylic acids is 1. The summed E-state index contributed by atoms with van der Waals surface area (Å²) in [5.74, 6) is -2.21. The van der Waals surface area contributed by atoms with Crippen molar-refractivity contribution in [1.82, 2.24) is 10.6 Å². The van der Waals surface area contributed by atoms with Gasteiger partial charge in [-0.25, -0.2) is 4.79 Å². The van der Waals surface area contributed by atoms with Gasteiger partial charge < -0.3 is 20.5 Å². The van der Waals surface area contributed by atoms with Crippen LogP contribution in [-0.4, -0.2) is 41.8 Å². The molecule has 0 heterocycles. The number of nitrogens with one attached hydrogen (secondary N) is 2. The minimum absolute atomic E-state index is 0.0666. The molecule has 32 heavy (non-hydrogen) atoms. The van der Waals surface area contributed by atoms with Gasteiger partial charge in [-0.1, -0.05) is 61.9 Å². The molecule has 0 saturated carbocycles. The Hall–Kier alpha value is -3.35. The fourth-order valence-corrected chi connectivity index (χ4v) is 4.00. The van der Waals surface area contributed by atoms with Crippen LogP contribution < -0.4 is 10.6 Å². The number of alkyl carbamates (subject to hydrolysis) is 1. The van der Waals surface area contributed by atoms with Gasteiger partial charge in [-0.3, -0.25) is 9.59 Å². The molecular weight excluding hydrogens is 408 g/mol. The second-order valence-corrected chi connectivity index (χ2v) is 8.24. The predicted molar refractivity (Wildman–Crippen MR) is 121 cm³/mol. The molecule has 0 saturated heterocycles. The van der Waals surface area contributed by atoms with Gasteiger partial charge in [0.25, 0.3) is 0 Å². The fraction of sp³-hybridized carbons (Fsp3) is 0.400. The molecule has 0 aromatic heterocycles. The number of rotatable bonds is 9. The number of hydrogen-bond donors (Lipinski definition) is 3. The topological polar surface area (TPSA) is 105 Å². The van der Waals surface area contributed by atoms with Crippen LogP contribution in [0, 0.1) is 5.92 Å². The van der Waals surface area contributed by atoms with E-state index in [9.17, 15) is 14.4 Å². The van der Waals surface area contributed by atoms with Crippen molar-refractivity contribution in [2.24, 2.45) is 5.92 Å². The van der Waals surface area contributed by atoms with Gasteiger partial charge in [0, 0.05) is 12.0 Å². The highest BCUT2D eigenvalue weighted by Crippen LogP contribution is 2.44. The van der Waals surface area contributed by atoms with E-state index < -0.39 is 36.0 Å². The van der Waals surface area contributed by atoms with E-state index >= 15 is 0 Å². The Balaban J connectivity index is 1.63. The van der Waals surface area contributed by atoms with E-state index in [1.807, 2.05) is 43.3 Å². The van der Waals surface area contributed by atoms with Crippen LogP contribution in [0.4, 0.5) is 4.79 Å². The number of fused-ring (bicyclic) bond motifs is 3. The van der Waals surface area contributed by atoms with Gasteiger partial charge >= 0.3 is 12.1 Å². The molecular formula is C25H30N2O5. The van der Waals surface area contributed by atoms with E-state index in [1.54, 1.807) is 6.92 Å². The Labute approximate surface area is 188 Å². The Morgan fingerprint density at radius 1 is 0.969 bits per heavy atom. The number of ether oxygens (including phenoxy) is 1. The first-order valence-electron chi connectivity index (χ1n) is 11.0. The molecule has 0 spiro atoms. The fourth-order valence-electron chi connectivity index (χ4n) is 4.00. The number of carboxylic acids is 1. The van der Waals surface area contributed by atoms with E-state index in [4.69, 9.17) is 9.84 Å². The Morgan fingerprint density at radius 3 is 2.06 bits per heavy atom. The molecule has 2 aromatic rings. The summed E-state index contributed by atoms with van der Waals surface area (Å²) in [6.07, 6.45) is 0.425. The quantitative estimate of drug-likeness (QED) is 0.550. The zero-order valence-electron chi connectivity index (χ0n) is 18.6. The van der Waals surface area contributed by atoms with Crippen LogP contribution in [0.3, 0.4) is 0 Å². The van der Waals surface area contributed by atoms with Gasteiger partial charge in [-0.05, 0) is 42.5 Å². The van der Waals surface area contributed by atoms with Crippen LogP contribution in [-0.2, 0) is 14.3 Å². The zero-order valence-corrected chi connectivity index (χ0v) is 18.6. The lowest BCUT2D eigenvalue weighted by Crippen LogP contribution is -2.51. The van der Waals surface area contributed by atoms with Gasteiger partial charge in [0.1, 0.15) is 12.6 Å². The molecule has 2 amide bonds. The first-order valence-corrected chi connectivity index (χ1v) is 11.0. The smallest absolute Gasteiger partial charge is 0.407 e. The average molecular weight is 439 g/mol. The van der Waals surface area contributed by atoms with Crippen molar-refractivity contribution < 1.29 is 24.2 Å². The lowest BCUT2D eigenvalue weighted by Gasteiger charge is -2.23. The summed E-state index contributed by atoms with van der Waals surface area (Å²) in [6.45, 7) is 5.23. The molecule has 3 atom stereocenters. The number of carboxylic acid groups (broad SMARTS) is 1. The lowest BCUT2D eigenvalue weighted by atomic mass is 9.98. The van der Waals surface area contributed by atoms with Gasteiger partial charge in [-0.2, -0.15) is 0 Å². The van der Waals surface area contributed by atoms with Crippen LogP contribution in [0.25, 0.3) is 11.1 Å². The molecule has 1 aliphatic rings. The average Bonchev–Trinajstić information content (AvgIpc) is 3.10. The van der Waals surface area contributed by atoms with Crippen molar-refractivity contribution in [3.8, 4) is 11.1 Å².